The molecule has 136 valence electrons. The summed E-state index contributed by atoms with van der Waals surface area (Å²) in [6.45, 7) is 2.60. The van der Waals surface area contributed by atoms with Crippen molar-refractivity contribution in [2.24, 2.45) is 0 Å². The van der Waals surface area contributed by atoms with Gasteiger partial charge in [0.1, 0.15) is 6.04 Å². The molecule has 0 bridgehead atoms. The standard InChI is InChI=1S/C17H28N2O5/c1-13(15(21)19-10-6-3-7-11-19)18-14(20)12-24-16(22)17(23)8-4-2-5-9-17/h13,23H,2-12H2,1H3,(H,18,20). The van der Waals surface area contributed by atoms with Crippen LogP contribution >= 0.6 is 0 Å². The van der Waals surface area contributed by atoms with E-state index in [0.29, 0.717) is 12.8 Å². The van der Waals surface area contributed by atoms with Crippen molar-refractivity contribution in [2.75, 3.05) is 19.7 Å². The van der Waals surface area contributed by atoms with E-state index in [9.17, 15) is 19.5 Å². The van der Waals surface area contributed by atoms with Gasteiger partial charge in [0.05, 0.1) is 0 Å². The number of carbonyl (C=O) groups is 3. The van der Waals surface area contributed by atoms with Crippen LogP contribution in [0.5, 0.6) is 0 Å². The van der Waals surface area contributed by atoms with Crippen LogP contribution in [0.15, 0.2) is 0 Å². The summed E-state index contributed by atoms with van der Waals surface area (Å²) in [7, 11) is 0. The molecule has 0 aromatic rings. The fraction of sp³-hybridized carbons (Fsp3) is 0.824. The van der Waals surface area contributed by atoms with E-state index in [1.807, 2.05) is 0 Å². The Hall–Kier alpha value is -1.63. The minimum absolute atomic E-state index is 0.111. The quantitative estimate of drug-likeness (QED) is 0.720. The van der Waals surface area contributed by atoms with Gasteiger partial charge in [-0.15, -0.1) is 0 Å². The first-order valence-electron chi connectivity index (χ1n) is 8.90. The highest BCUT2D eigenvalue weighted by Crippen LogP contribution is 2.29. The van der Waals surface area contributed by atoms with Gasteiger partial charge in [0.2, 0.25) is 5.91 Å². The molecule has 1 heterocycles. The highest BCUT2D eigenvalue weighted by Gasteiger charge is 2.39. The number of likely N-dealkylation sites (tertiary alicyclic amines) is 1. The summed E-state index contributed by atoms with van der Waals surface area (Å²) in [5.41, 5.74) is -1.46. The average molecular weight is 340 g/mol. The zero-order valence-electron chi connectivity index (χ0n) is 14.4. The van der Waals surface area contributed by atoms with Crippen LogP contribution < -0.4 is 5.32 Å². The number of ether oxygens (including phenoxy) is 1. The molecule has 7 heteroatoms. The van der Waals surface area contributed by atoms with Crippen molar-refractivity contribution in [3.05, 3.63) is 0 Å². The summed E-state index contributed by atoms with van der Waals surface area (Å²) >= 11 is 0. The van der Waals surface area contributed by atoms with Crippen molar-refractivity contribution < 1.29 is 24.2 Å². The van der Waals surface area contributed by atoms with Crippen LogP contribution in [0.4, 0.5) is 0 Å². The highest BCUT2D eigenvalue weighted by molar-refractivity contribution is 5.89. The number of hydrogen-bond donors (Lipinski definition) is 2. The predicted molar refractivity (Wildman–Crippen MR) is 87.0 cm³/mol. The Bertz CT molecular complexity index is 468. The Morgan fingerprint density at radius 2 is 1.67 bits per heavy atom. The third-order valence-electron chi connectivity index (χ3n) is 4.81. The van der Waals surface area contributed by atoms with Crippen LogP contribution in [0.2, 0.25) is 0 Å². The van der Waals surface area contributed by atoms with Crippen molar-refractivity contribution in [3.8, 4) is 0 Å². The molecule has 1 unspecified atom stereocenters. The van der Waals surface area contributed by atoms with Crippen LogP contribution in [0.1, 0.15) is 58.3 Å². The summed E-state index contributed by atoms with van der Waals surface area (Å²) in [5, 5.41) is 12.8. The number of amides is 2. The minimum atomic E-state index is -1.46. The molecule has 2 N–H and O–H groups in total. The fourth-order valence-corrected chi connectivity index (χ4v) is 3.34. The number of piperidine rings is 1. The lowest BCUT2D eigenvalue weighted by Crippen LogP contribution is -2.50. The van der Waals surface area contributed by atoms with Crippen LogP contribution in [0, 0.1) is 0 Å². The molecule has 1 aliphatic heterocycles. The molecule has 1 saturated heterocycles. The van der Waals surface area contributed by atoms with Gasteiger partial charge in [-0.1, -0.05) is 6.42 Å². The molecule has 1 aliphatic carbocycles. The van der Waals surface area contributed by atoms with Crippen LogP contribution in [0.25, 0.3) is 0 Å². The summed E-state index contributed by atoms with van der Waals surface area (Å²) < 4.78 is 4.95. The summed E-state index contributed by atoms with van der Waals surface area (Å²) in [5.74, 6) is -1.38. The van der Waals surface area contributed by atoms with Gasteiger partial charge in [-0.05, 0) is 51.9 Å². The maximum Gasteiger partial charge on any atom is 0.338 e. The van der Waals surface area contributed by atoms with E-state index in [4.69, 9.17) is 4.74 Å². The maximum absolute atomic E-state index is 12.2. The van der Waals surface area contributed by atoms with Crippen LogP contribution in [0.3, 0.4) is 0 Å². The van der Waals surface area contributed by atoms with Gasteiger partial charge in [0.15, 0.2) is 12.2 Å². The van der Waals surface area contributed by atoms with E-state index in [1.165, 1.54) is 0 Å². The molecule has 24 heavy (non-hydrogen) atoms. The monoisotopic (exact) mass is 340 g/mol. The van der Waals surface area contributed by atoms with E-state index < -0.39 is 30.1 Å². The molecular formula is C17H28N2O5. The van der Waals surface area contributed by atoms with Gasteiger partial charge in [0.25, 0.3) is 5.91 Å². The molecule has 1 saturated carbocycles. The molecule has 2 rings (SSSR count). The molecule has 7 nitrogen and oxygen atoms in total. The van der Waals surface area contributed by atoms with Crippen molar-refractivity contribution in [2.45, 2.75) is 69.9 Å². The third kappa shape index (κ3) is 4.93. The lowest BCUT2D eigenvalue weighted by Gasteiger charge is -2.30. The molecule has 0 aromatic carbocycles. The minimum Gasteiger partial charge on any atom is -0.453 e. The number of nitrogens with one attached hydrogen (secondary N) is 1. The first-order valence-corrected chi connectivity index (χ1v) is 8.90. The number of aliphatic hydroxyl groups is 1. The van der Waals surface area contributed by atoms with Crippen molar-refractivity contribution in [1.82, 2.24) is 10.2 Å². The fourth-order valence-electron chi connectivity index (χ4n) is 3.34. The topological polar surface area (TPSA) is 95.9 Å². The van der Waals surface area contributed by atoms with E-state index >= 15 is 0 Å². The highest BCUT2D eigenvalue weighted by atomic mass is 16.6. The Labute approximate surface area is 142 Å². The molecule has 2 fully saturated rings. The third-order valence-corrected chi connectivity index (χ3v) is 4.81. The number of carbonyl (C=O) groups excluding carboxylic acids is 3. The van der Waals surface area contributed by atoms with Crippen LogP contribution in [-0.2, 0) is 19.1 Å². The molecule has 1 atom stereocenters. The number of rotatable bonds is 5. The SMILES string of the molecule is CC(NC(=O)COC(=O)C1(O)CCCCC1)C(=O)N1CCCCC1. The normalized spacial score (nSPS) is 21.7. The molecule has 2 amide bonds. The van der Waals surface area contributed by atoms with Crippen molar-refractivity contribution >= 4 is 17.8 Å². The second-order valence-corrected chi connectivity index (χ2v) is 6.84. The average Bonchev–Trinajstić information content (AvgIpc) is 2.60. The molecule has 0 aromatic heterocycles. The van der Waals surface area contributed by atoms with Crippen molar-refractivity contribution in [3.63, 3.8) is 0 Å². The molecular weight excluding hydrogens is 312 g/mol. The second kappa shape index (κ2) is 8.46. The summed E-state index contributed by atoms with van der Waals surface area (Å²) in [4.78, 5) is 37.8. The van der Waals surface area contributed by atoms with E-state index in [-0.39, 0.29) is 5.91 Å². The number of esters is 1. The van der Waals surface area contributed by atoms with Gasteiger partial charge in [-0.25, -0.2) is 4.79 Å². The van der Waals surface area contributed by atoms with Gasteiger partial charge >= 0.3 is 5.97 Å². The lowest BCUT2D eigenvalue weighted by atomic mass is 9.85. The Kier molecular flexibility index (Phi) is 6.60. The van der Waals surface area contributed by atoms with Crippen molar-refractivity contribution in [1.29, 1.82) is 0 Å². The molecule has 0 spiro atoms. The zero-order valence-corrected chi connectivity index (χ0v) is 14.4. The van der Waals surface area contributed by atoms with E-state index in [0.717, 1.165) is 51.6 Å². The summed E-state index contributed by atoms with van der Waals surface area (Å²) in [6.07, 6.45) is 6.40. The second-order valence-electron chi connectivity index (χ2n) is 6.84. The molecule has 2 aliphatic rings. The summed E-state index contributed by atoms with van der Waals surface area (Å²) in [6, 6.07) is -0.646. The lowest BCUT2D eigenvalue weighted by molar-refractivity contribution is -0.170. The maximum atomic E-state index is 12.2. The molecule has 0 radical (unpaired) electrons. The smallest absolute Gasteiger partial charge is 0.338 e. The van der Waals surface area contributed by atoms with Gasteiger partial charge in [-0.2, -0.15) is 0 Å². The van der Waals surface area contributed by atoms with E-state index in [1.54, 1.807) is 11.8 Å². The number of hydrogen-bond acceptors (Lipinski definition) is 5. The first-order chi connectivity index (χ1) is 11.4. The zero-order chi connectivity index (χ0) is 17.6. The Balaban J connectivity index is 1.73. The Morgan fingerprint density at radius 3 is 2.29 bits per heavy atom. The first kappa shape index (κ1) is 18.7. The van der Waals surface area contributed by atoms with Gasteiger partial charge in [0, 0.05) is 13.1 Å². The van der Waals surface area contributed by atoms with E-state index in [2.05, 4.69) is 5.32 Å². The number of nitrogens with zero attached hydrogens (tertiary/aromatic N) is 1. The Morgan fingerprint density at radius 1 is 1.08 bits per heavy atom. The largest absolute Gasteiger partial charge is 0.453 e. The van der Waals surface area contributed by atoms with Crippen LogP contribution in [-0.4, -0.2) is 59.1 Å². The predicted octanol–water partition coefficient (Wildman–Crippen LogP) is 0.742. The van der Waals surface area contributed by atoms with Gasteiger partial charge in [-0.3, -0.25) is 9.59 Å². The van der Waals surface area contributed by atoms with Gasteiger partial charge < -0.3 is 20.1 Å².